The van der Waals surface area contributed by atoms with E-state index in [0.717, 1.165) is 10.7 Å². The quantitative estimate of drug-likeness (QED) is 0.825. The van der Waals surface area contributed by atoms with E-state index in [4.69, 9.17) is 0 Å². The van der Waals surface area contributed by atoms with Crippen molar-refractivity contribution in [1.82, 2.24) is 14.7 Å². The minimum Gasteiger partial charge on any atom is -0.298 e. The first-order valence-corrected chi connectivity index (χ1v) is 6.17. The lowest BCUT2D eigenvalue weighted by Gasteiger charge is -2.11. The van der Waals surface area contributed by atoms with Crippen LogP contribution in [0.3, 0.4) is 0 Å². The van der Waals surface area contributed by atoms with Gasteiger partial charge in [-0.25, -0.2) is 4.98 Å². The molecule has 0 aliphatic carbocycles. The molecule has 0 fully saturated rings. The van der Waals surface area contributed by atoms with Crippen molar-refractivity contribution in [2.45, 2.75) is 26.8 Å². The first-order valence-electron chi connectivity index (χ1n) is 5.29. The van der Waals surface area contributed by atoms with Crippen LogP contribution in [0.15, 0.2) is 11.6 Å². The highest BCUT2D eigenvalue weighted by Gasteiger charge is 2.14. The summed E-state index contributed by atoms with van der Waals surface area (Å²) in [7, 11) is 0. The summed E-state index contributed by atoms with van der Waals surface area (Å²) in [4.78, 5) is 5.59. The molecule has 16 heavy (non-hydrogen) atoms. The minimum absolute atomic E-state index is 0.269. The van der Waals surface area contributed by atoms with Crippen LogP contribution < -0.4 is 5.32 Å². The zero-order valence-corrected chi connectivity index (χ0v) is 10.6. The summed E-state index contributed by atoms with van der Waals surface area (Å²) in [6.07, 6.45) is 2.07. The van der Waals surface area contributed by atoms with Gasteiger partial charge in [0.1, 0.15) is 0 Å². The van der Waals surface area contributed by atoms with Crippen molar-refractivity contribution in [3.8, 4) is 11.8 Å². The molecule has 3 nitrogen and oxygen atoms in total. The van der Waals surface area contributed by atoms with Crippen molar-refractivity contribution >= 4 is 16.3 Å². The van der Waals surface area contributed by atoms with E-state index in [1.54, 1.807) is 11.3 Å². The first-order chi connectivity index (χ1) is 7.74. The molecule has 0 spiro atoms. The van der Waals surface area contributed by atoms with E-state index in [1.807, 2.05) is 6.92 Å². The fraction of sp³-hybridized carbons (Fsp3) is 0.417. The number of aromatic nitrogens is 2. The average molecular weight is 233 g/mol. The highest BCUT2D eigenvalue weighted by Crippen LogP contribution is 2.22. The van der Waals surface area contributed by atoms with Crippen molar-refractivity contribution in [3.05, 3.63) is 23.0 Å². The predicted octanol–water partition coefficient (Wildman–Crippen LogP) is 2.38. The van der Waals surface area contributed by atoms with Crippen molar-refractivity contribution in [3.63, 3.8) is 0 Å². The number of thiazole rings is 1. The van der Waals surface area contributed by atoms with Crippen LogP contribution in [-0.4, -0.2) is 15.9 Å². The first kappa shape index (κ1) is 11.2. The second-order valence-electron chi connectivity index (χ2n) is 3.67. The molecule has 0 aliphatic heterocycles. The van der Waals surface area contributed by atoms with Gasteiger partial charge in [-0.2, -0.15) is 0 Å². The van der Waals surface area contributed by atoms with Gasteiger partial charge in [0.05, 0.1) is 17.9 Å². The maximum Gasteiger partial charge on any atom is 0.194 e. The molecular formula is C12H15N3S. The van der Waals surface area contributed by atoms with E-state index < -0.39 is 0 Å². The topological polar surface area (TPSA) is 29.3 Å². The van der Waals surface area contributed by atoms with Gasteiger partial charge in [-0.1, -0.05) is 5.92 Å². The largest absolute Gasteiger partial charge is 0.298 e. The molecule has 0 saturated carbocycles. The Morgan fingerprint density at radius 3 is 3.19 bits per heavy atom. The summed E-state index contributed by atoms with van der Waals surface area (Å²) in [5.74, 6) is 5.90. The standard InChI is InChI=1S/C12H15N3S/c1-4-5-6-13-9(2)11-10(3)14-12-15(11)7-8-16-12/h7-9,13H,6H2,1-3H3. The molecule has 84 valence electrons. The number of nitrogens with zero attached hydrogens (tertiary/aromatic N) is 2. The highest BCUT2D eigenvalue weighted by molar-refractivity contribution is 7.15. The van der Waals surface area contributed by atoms with Gasteiger partial charge in [0.25, 0.3) is 0 Å². The van der Waals surface area contributed by atoms with Crippen LogP contribution in [-0.2, 0) is 0 Å². The molecule has 0 amide bonds. The third kappa shape index (κ3) is 1.97. The van der Waals surface area contributed by atoms with Crippen LogP contribution in [0.2, 0.25) is 0 Å². The lowest BCUT2D eigenvalue weighted by atomic mass is 10.2. The Morgan fingerprint density at radius 1 is 1.62 bits per heavy atom. The fourth-order valence-electron chi connectivity index (χ4n) is 1.82. The van der Waals surface area contributed by atoms with Crippen molar-refractivity contribution in [2.75, 3.05) is 6.54 Å². The number of aryl methyl sites for hydroxylation is 1. The van der Waals surface area contributed by atoms with Gasteiger partial charge in [0.15, 0.2) is 4.96 Å². The van der Waals surface area contributed by atoms with Crippen LogP contribution in [0, 0.1) is 18.8 Å². The van der Waals surface area contributed by atoms with Crippen molar-refractivity contribution in [1.29, 1.82) is 0 Å². The van der Waals surface area contributed by atoms with E-state index in [2.05, 4.69) is 52.0 Å². The number of fused-ring (bicyclic) bond motifs is 1. The smallest absolute Gasteiger partial charge is 0.194 e. The van der Waals surface area contributed by atoms with E-state index in [9.17, 15) is 0 Å². The molecular weight excluding hydrogens is 218 g/mol. The maximum atomic E-state index is 4.53. The number of hydrogen-bond acceptors (Lipinski definition) is 3. The van der Waals surface area contributed by atoms with Crippen LogP contribution in [0.5, 0.6) is 0 Å². The Hall–Kier alpha value is -1.31. The van der Waals surface area contributed by atoms with Crippen molar-refractivity contribution < 1.29 is 0 Å². The number of imidazole rings is 1. The summed E-state index contributed by atoms with van der Waals surface area (Å²) in [6, 6.07) is 0.269. The summed E-state index contributed by atoms with van der Waals surface area (Å²) in [5.41, 5.74) is 2.32. The van der Waals surface area contributed by atoms with Gasteiger partial charge in [-0.05, 0) is 20.8 Å². The lowest BCUT2D eigenvalue weighted by molar-refractivity contribution is 0.598. The van der Waals surface area contributed by atoms with Crippen LogP contribution in [0.1, 0.15) is 31.3 Å². The summed E-state index contributed by atoms with van der Waals surface area (Å²) >= 11 is 1.66. The Balaban J connectivity index is 2.26. The van der Waals surface area contributed by atoms with Gasteiger partial charge in [-0.3, -0.25) is 9.72 Å². The second kappa shape index (κ2) is 4.69. The number of nitrogens with one attached hydrogen (secondary N) is 1. The Kier molecular flexibility index (Phi) is 3.28. The van der Waals surface area contributed by atoms with E-state index in [1.165, 1.54) is 5.69 Å². The molecule has 1 atom stereocenters. The molecule has 1 N–H and O–H groups in total. The molecule has 2 heterocycles. The SMILES string of the molecule is CC#CCNC(C)c1c(C)nc2sccn12. The van der Waals surface area contributed by atoms with Gasteiger partial charge < -0.3 is 0 Å². The summed E-state index contributed by atoms with van der Waals surface area (Å²) < 4.78 is 2.15. The van der Waals surface area contributed by atoms with Crippen LogP contribution in [0.25, 0.3) is 4.96 Å². The Labute approximate surface area is 99.5 Å². The Bertz CT molecular complexity index is 541. The van der Waals surface area contributed by atoms with Gasteiger partial charge in [0, 0.05) is 17.6 Å². The monoisotopic (exact) mass is 233 g/mol. The van der Waals surface area contributed by atoms with E-state index >= 15 is 0 Å². The lowest BCUT2D eigenvalue weighted by Crippen LogP contribution is -2.20. The summed E-state index contributed by atoms with van der Waals surface area (Å²) in [5, 5.41) is 5.44. The molecule has 0 aromatic carbocycles. The van der Waals surface area contributed by atoms with Crippen molar-refractivity contribution in [2.24, 2.45) is 0 Å². The number of hydrogen-bond donors (Lipinski definition) is 1. The average Bonchev–Trinajstić information content (AvgIpc) is 2.77. The molecule has 0 aliphatic rings. The molecule has 2 rings (SSSR count). The number of rotatable bonds is 3. The van der Waals surface area contributed by atoms with E-state index in [0.29, 0.717) is 6.54 Å². The second-order valence-corrected chi connectivity index (χ2v) is 4.54. The molecule has 1 unspecified atom stereocenters. The third-order valence-electron chi connectivity index (χ3n) is 2.57. The van der Waals surface area contributed by atoms with Gasteiger partial charge in [0.2, 0.25) is 0 Å². The summed E-state index contributed by atoms with van der Waals surface area (Å²) in [6.45, 7) is 6.77. The molecule has 0 saturated heterocycles. The zero-order chi connectivity index (χ0) is 11.5. The fourth-order valence-corrected chi connectivity index (χ4v) is 2.59. The zero-order valence-electron chi connectivity index (χ0n) is 9.74. The normalized spacial score (nSPS) is 12.4. The van der Waals surface area contributed by atoms with Crippen LogP contribution >= 0.6 is 11.3 Å². The van der Waals surface area contributed by atoms with E-state index in [-0.39, 0.29) is 6.04 Å². The molecule has 4 heteroatoms. The highest BCUT2D eigenvalue weighted by atomic mass is 32.1. The Morgan fingerprint density at radius 2 is 2.44 bits per heavy atom. The predicted molar refractivity (Wildman–Crippen MR) is 67.7 cm³/mol. The van der Waals surface area contributed by atoms with Gasteiger partial charge in [-0.15, -0.1) is 17.3 Å². The molecule has 2 aromatic heterocycles. The molecule has 0 bridgehead atoms. The van der Waals surface area contributed by atoms with Crippen LogP contribution in [0.4, 0.5) is 0 Å². The maximum absolute atomic E-state index is 4.53. The molecule has 0 radical (unpaired) electrons. The molecule has 2 aromatic rings. The van der Waals surface area contributed by atoms with Gasteiger partial charge >= 0.3 is 0 Å². The third-order valence-corrected chi connectivity index (χ3v) is 3.32. The minimum atomic E-state index is 0.269.